The first kappa shape index (κ1) is 47.4. The summed E-state index contributed by atoms with van der Waals surface area (Å²) in [6.45, 7) is 7.85. The first-order valence-electron chi connectivity index (χ1n) is 22.7. The maximum Gasteiger partial charge on any atom is 0.345 e. The molecule has 10 rings (SSSR count). The molecule has 4 aliphatic rings. The van der Waals surface area contributed by atoms with Crippen LogP contribution >= 0.6 is 34.5 Å². The molecular weight excluding hydrogens is 935 g/mol. The number of piperazine rings is 1. The number of ether oxygens (including phenoxy) is 4. The molecule has 1 saturated heterocycles. The Morgan fingerprint density at radius 3 is 2.35 bits per heavy atom. The Morgan fingerprint density at radius 2 is 1.65 bits per heavy atom. The van der Waals surface area contributed by atoms with E-state index in [1.165, 1.54) is 29.8 Å². The van der Waals surface area contributed by atoms with Gasteiger partial charge in [0.25, 0.3) is 0 Å². The quantitative estimate of drug-likeness (QED) is 0.133. The summed E-state index contributed by atoms with van der Waals surface area (Å²) in [5.74, 6) is -0.307. The Bertz CT molecular complexity index is 2810. The van der Waals surface area contributed by atoms with Gasteiger partial charge in [-0.25, -0.2) is 29.1 Å². The summed E-state index contributed by atoms with van der Waals surface area (Å²) in [6.07, 6.45) is 4.22. The Labute approximate surface area is 407 Å². The van der Waals surface area contributed by atoms with Gasteiger partial charge >= 0.3 is 11.9 Å². The van der Waals surface area contributed by atoms with Crippen LogP contribution in [-0.4, -0.2) is 110 Å². The van der Waals surface area contributed by atoms with Gasteiger partial charge in [0.15, 0.2) is 5.75 Å². The number of nitrogens with zero attached hydrogens (tertiary/aromatic N) is 6. The second-order valence-electron chi connectivity index (χ2n) is 17.8. The van der Waals surface area contributed by atoms with E-state index in [4.69, 9.17) is 47.1 Å². The summed E-state index contributed by atoms with van der Waals surface area (Å²) in [5, 5.41) is 21.2. The normalized spacial score (nSPS) is 20.3. The molecule has 18 heteroatoms. The number of rotatable bonds is 10. The number of carboxylic acid groups (broad SMARTS) is 2. The molecule has 2 fully saturated rings. The molecule has 0 unspecified atom stereocenters. The molecule has 1 saturated carbocycles. The van der Waals surface area contributed by atoms with Crippen LogP contribution in [0.5, 0.6) is 23.1 Å². The first-order valence-corrected chi connectivity index (χ1v) is 24.3. The lowest BCUT2D eigenvalue weighted by molar-refractivity contribution is -0.145. The second kappa shape index (κ2) is 20.5. The summed E-state index contributed by atoms with van der Waals surface area (Å²) in [4.78, 5) is 49.0. The molecule has 6 heterocycles. The van der Waals surface area contributed by atoms with E-state index >= 15 is 0 Å². The van der Waals surface area contributed by atoms with Crippen LogP contribution in [0.15, 0.2) is 61.1 Å². The summed E-state index contributed by atoms with van der Waals surface area (Å²) in [5.41, 5.74) is 4.36. The van der Waals surface area contributed by atoms with Crippen LogP contribution in [0.4, 0.5) is 4.39 Å². The molecular formula is C50H51Cl2FN6O8S. The minimum atomic E-state index is -1.48. The highest BCUT2D eigenvalue weighted by atomic mass is 35.5. The van der Waals surface area contributed by atoms with Gasteiger partial charge in [0, 0.05) is 73.7 Å². The van der Waals surface area contributed by atoms with Crippen molar-refractivity contribution in [3.63, 3.8) is 0 Å². The molecule has 356 valence electrons. The topological polar surface area (TPSA) is 170 Å². The lowest BCUT2D eigenvalue weighted by atomic mass is 9.80. The molecule has 0 amide bonds. The monoisotopic (exact) mass is 984 g/mol. The zero-order chi connectivity index (χ0) is 47.6. The van der Waals surface area contributed by atoms with Crippen molar-refractivity contribution in [1.82, 2.24) is 29.7 Å². The van der Waals surface area contributed by atoms with Gasteiger partial charge in [-0.2, -0.15) is 0 Å². The second-order valence-corrected chi connectivity index (χ2v) is 19.6. The lowest BCUT2D eigenvalue weighted by Gasteiger charge is -2.35. The highest BCUT2D eigenvalue weighted by Crippen LogP contribution is 2.53. The van der Waals surface area contributed by atoms with Crippen LogP contribution in [0.25, 0.3) is 31.8 Å². The number of likely N-dealkylation sites (N-methyl/N-ethyl adjacent to an activating group) is 1. The van der Waals surface area contributed by atoms with E-state index in [1.807, 2.05) is 13.8 Å². The van der Waals surface area contributed by atoms with Gasteiger partial charge in [0.2, 0.25) is 12.0 Å². The number of thiophene rings is 1. The Balaban J connectivity index is 1.12. The van der Waals surface area contributed by atoms with Crippen LogP contribution in [0.1, 0.15) is 66.2 Å². The van der Waals surface area contributed by atoms with E-state index in [2.05, 4.69) is 31.8 Å². The minimum absolute atomic E-state index is 0.0188. The van der Waals surface area contributed by atoms with Gasteiger partial charge in [-0.3, -0.25) is 9.69 Å². The van der Waals surface area contributed by atoms with Crippen LogP contribution < -0.4 is 18.9 Å². The van der Waals surface area contributed by atoms with Crippen molar-refractivity contribution in [1.29, 1.82) is 0 Å². The number of benzene rings is 3. The average Bonchev–Trinajstić information content (AvgIpc) is 3.71. The summed E-state index contributed by atoms with van der Waals surface area (Å²) < 4.78 is 40.7. The third-order valence-corrected chi connectivity index (χ3v) is 15.2. The fourth-order valence-electron chi connectivity index (χ4n) is 9.43. The van der Waals surface area contributed by atoms with Crippen LogP contribution in [0.3, 0.4) is 0 Å². The third-order valence-electron chi connectivity index (χ3n) is 13.1. The third kappa shape index (κ3) is 10.3. The van der Waals surface area contributed by atoms with Crippen molar-refractivity contribution < 1.29 is 43.1 Å². The Hall–Kier alpha value is -5.65. The van der Waals surface area contributed by atoms with E-state index in [1.54, 1.807) is 42.6 Å². The predicted molar refractivity (Wildman–Crippen MR) is 257 cm³/mol. The summed E-state index contributed by atoms with van der Waals surface area (Å²) in [6, 6.07) is 13.1. The van der Waals surface area contributed by atoms with Crippen LogP contribution in [-0.2, 0) is 22.6 Å². The number of aliphatic carboxylic acids is 2. The molecule has 1 aliphatic carbocycles. The van der Waals surface area contributed by atoms with Crippen LogP contribution in [0, 0.1) is 25.6 Å². The molecule has 2 N–H and O–H groups in total. The van der Waals surface area contributed by atoms with Crippen molar-refractivity contribution in [2.45, 2.75) is 77.1 Å². The molecule has 0 spiro atoms. The zero-order valence-corrected chi connectivity index (χ0v) is 40.2. The standard InChI is InChI=1S/C50H51Cl2FN6O8S/c1-27-40-28(2)44(52)45(43(27)51)66-36(23-59-18-16-58(3)17-19-59)25-64-35-12-13-37(65-24-34-14-15-54-47(57-34)31-6-4-29(5-7-31)20-39(60)61)32(21-35)22-38(50(62)63)67-48-42-41(40)46(68-49(42)56-26-55-48)30-8-10-33(53)11-9-30/h8-15,21,26,29,31,36,38H,4-7,16-20,22-25H2,1-3H3,(H,60,61)(H,62,63)/t29-,31-,36-,38-/m1/s1. The molecule has 3 aromatic heterocycles. The number of hydrogen-bond donors (Lipinski definition) is 2. The van der Waals surface area contributed by atoms with Crippen molar-refractivity contribution in [3.8, 4) is 44.7 Å². The van der Waals surface area contributed by atoms with Gasteiger partial charge < -0.3 is 34.1 Å². The smallest absolute Gasteiger partial charge is 0.345 e. The molecule has 68 heavy (non-hydrogen) atoms. The highest BCUT2D eigenvalue weighted by Gasteiger charge is 2.33. The zero-order valence-electron chi connectivity index (χ0n) is 37.8. The molecule has 0 radical (unpaired) electrons. The van der Waals surface area contributed by atoms with Crippen LogP contribution in [0.2, 0.25) is 10.0 Å². The Kier molecular flexibility index (Phi) is 14.3. The van der Waals surface area contributed by atoms with Crippen molar-refractivity contribution in [3.05, 3.63) is 105 Å². The number of aromatic nitrogens is 4. The molecule has 14 nitrogen and oxygen atoms in total. The van der Waals surface area contributed by atoms with Gasteiger partial charge in [0.1, 0.15) is 53.6 Å². The molecule has 3 aromatic carbocycles. The fraction of sp³-hybridized carbons (Fsp3) is 0.400. The molecule has 4 bridgehead atoms. The van der Waals surface area contributed by atoms with Gasteiger partial charge in [-0.1, -0.05) is 35.3 Å². The number of carbonyl (C=O) groups is 2. The maximum atomic E-state index is 14.4. The summed E-state index contributed by atoms with van der Waals surface area (Å²) >= 11 is 16.0. The largest absolute Gasteiger partial charge is 0.490 e. The van der Waals surface area contributed by atoms with Crippen molar-refractivity contribution in [2.24, 2.45) is 5.92 Å². The predicted octanol–water partition coefficient (Wildman–Crippen LogP) is 9.67. The van der Waals surface area contributed by atoms with Gasteiger partial charge in [0.05, 0.1) is 21.1 Å². The van der Waals surface area contributed by atoms with E-state index in [-0.39, 0.29) is 53.8 Å². The van der Waals surface area contributed by atoms with Crippen molar-refractivity contribution in [2.75, 3.05) is 46.4 Å². The SMILES string of the molecule is Cc1c(Cl)c2c(Cl)c(C)c1-c1c(-c3ccc(F)cc3)sc3ncnc(c13)O[C@@H](C(=O)O)Cc1cc(ccc1OCc1ccnc([C@H]3CC[C@H](CC(=O)O)CC3)n1)OC[C@@H](CN1CCN(C)CC1)O2. The molecule has 3 aliphatic heterocycles. The number of carboxylic acids is 2. The molecule has 2 atom stereocenters. The first-order chi connectivity index (χ1) is 32.8. The summed E-state index contributed by atoms with van der Waals surface area (Å²) in [7, 11) is 2.10. The highest BCUT2D eigenvalue weighted by molar-refractivity contribution is 7.22. The van der Waals surface area contributed by atoms with Gasteiger partial charge in [-0.05, 0) is 111 Å². The van der Waals surface area contributed by atoms with Crippen molar-refractivity contribution >= 4 is 56.7 Å². The average molecular weight is 986 g/mol. The van der Waals surface area contributed by atoms with E-state index in [0.29, 0.717) is 83.8 Å². The Morgan fingerprint density at radius 1 is 0.912 bits per heavy atom. The van der Waals surface area contributed by atoms with E-state index < -0.39 is 30.0 Å². The maximum absolute atomic E-state index is 14.4. The van der Waals surface area contributed by atoms with E-state index in [0.717, 1.165) is 51.9 Å². The minimum Gasteiger partial charge on any atom is -0.490 e. The lowest BCUT2D eigenvalue weighted by Crippen LogP contribution is -2.49. The van der Waals surface area contributed by atoms with E-state index in [9.17, 15) is 24.2 Å². The fourth-order valence-corrected chi connectivity index (χ4v) is 11.1. The number of fused-ring (bicyclic) bond motifs is 7. The number of hydrogen-bond acceptors (Lipinski definition) is 13. The van der Waals surface area contributed by atoms with Gasteiger partial charge in [-0.15, -0.1) is 11.3 Å². The molecule has 6 aromatic rings. The number of halogens is 3.